The number of hydrogen-bond acceptors (Lipinski definition) is 7. The van der Waals surface area contributed by atoms with E-state index in [1.54, 1.807) is 35.2 Å². The van der Waals surface area contributed by atoms with E-state index in [1.165, 1.54) is 31.0 Å². The maximum Gasteiger partial charge on any atom is 0.339 e. The van der Waals surface area contributed by atoms with E-state index in [0.717, 1.165) is 22.4 Å². The average Bonchev–Trinajstić information content (AvgIpc) is 3.25. The molecule has 4 aromatic rings. The number of carbonyl (C=O) groups excluding carboxylic acids is 1. The van der Waals surface area contributed by atoms with Gasteiger partial charge in [-0.2, -0.15) is 8.42 Å². The minimum absolute atomic E-state index is 0.00790. The Kier molecular flexibility index (Phi) is 8.58. The van der Waals surface area contributed by atoms with Gasteiger partial charge in [-0.15, -0.1) is 0 Å². The van der Waals surface area contributed by atoms with Gasteiger partial charge in [-0.25, -0.2) is 4.99 Å². The van der Waals surface area contributed by atoms with Gasteiger partial charge in [-0.3, -0.25) is 9.69 Å². The molecule has 0 aliphatic carbocycles. The molecule has 0 N–H and O–H groups in total. The fourth-order valence-electron chi connectivity index (χ4n) is 4.12. The molecular weight excluding hydrogens is 636 g/mol. The number of nitrogens with zero attached hydrogens (tertiary/aromatic N) is 2. The molecule has 5 rings (SSSR count). The Morgan fingerprint density at radius 3 is 2.02 bits per heavy atom. The van der Waals surface area contributed by atoms with Crippen LogP contribution in [-0.2, 0) is 14.9 Å². The standard InChI is InChI=1S/C32H27BrN2O5S2/c1-20-5-11-24(12-6-20)34-32-35(25-13-7-21(2)8-14-25)31(36)29(41-32)19-23-17-27(33)30(28(18-23)39-4)40-42(37,38)26-15-9-22(3)10-16-26/h5-19H,1-4H3/b29-19-,34-32?. The summed E-state index contributed by atoms with van der Waals surface area (Å²) in [4.78, 5) is 20.6. The predicted octanol–water partition coefficient (Wildman–Crippen LogP) is 7.96. The molecule has 0 aromatic heterocycles. The number of benzene rings is 4. The molecule has 0 saturated carbocycles. The van der Waals surface area contributed by atoms with E-state index in [4.69, 9.17) is 13.9 Å². The number of aliphatic imine (C=N–C) groups is 1. The van der Waals surface area contributed by atoms with Gasteiger partial charge in [-0.05, 0) is 109 Å². The van der Waals surface area contributed by atoms with Crippen molar-refractivity contribution in [1.82, 2.24) is 0 Å². The SMILES string of the molecule is COc1cc(/C=C2\SC(=Nc3ccc(C)cc3)N(c3ccc(C)cc3)C2=O)cc(Br)c1OS(=O)(=O)c1ccc(C)cc1. The zero-order valence-electron chi connectivity index (χ0n) is 23.3. The molecule has 0 atom stereocenters. The van der Waals surface area contributed by atoms with Crippen molar-refractivity contribution in [1.29, 1.82) is 0 Å². The van der Waals surface area contributed by atoms with Gasteiger partial charge in [0, 0.05) is 0 Å². The van der Waals surface area contributed by atoms with Gasteiger partial charge < -0.3 is 8.92 Å². The van der Waals surface area contributed by atoms with E-state index in [9.17, 15) is 13.2 Å². The number of amidine groups is 1. The van der Waals surface area contributed by atoms with Crippen LogP contribution in [0.15, 0.2) is 104 Å². The zero-order valence-corrected chi connectivity index (χ0v) is 26.5. The Morgan fingerprint density at radius 1 is 0.857 bits per heavy atom. The maximum atomic E-state index is 13.7. The zero-order chi connectivity index (χ0) is 30.0. The van der Waals surface area contributed by atoms with Crippen molar-refractivity contribution >= 4 is 66.3 Å². The minimum atomic E-state index is -4.12. The Bertz CT molecular complexity index is 1820. The number of aryl methyl sites for hydroxylation is 3. The quantitative estimate of drug-likeness (QED) is 0.147. The Hall–Kier alpha value is -3.86. The lowest BCUT2D eigenvalue weighted by atomic mass is 10.1. The number of amides is 1. The number of methoxy groups -OCH3 is 1. The first-order chi connectivity index (χ1) is 20.0. The van der Waals surface area contributed by atoms with Gasteiger partial charge in [0.05, 0.1) is 27.9 Å². The van der Waals surface area contributed by atoms with Crippen LogP contribution in [0.5, 0.6) is 11.5 Å². The number of halogens is 1. The third-order valence-corrected chi connectivity index (χ3v) is 9.20. The van der Waals surface area contributed by atoms with E-state index >= 15 is 0 Å². The van der Waals surface area contributed by atoms with Crippen LogP contribution in [0.2, 0.25) is 0 Å². The van der Waals surface area contributed by atoms with Crippen molar-refractivity contribution in [3.8, 4) is 11.5 Å². The lowest BCUT2D eigenvalue weighted by molar-refractivity contribution is -0.113. The molecule has 4 aromatic carbocycles. The van der Waals surface area contributed by atoms with Crippen molar-refractivity contribution in [2.45, 2.75) is 25.7 Å². The highest BCUT2D eigenvalue weighted by Crippen LogP contribution is 2.41. The number of anilines is 1. The summed E-state index contributed by atoms with van der Waals surface area (Å²) in [6.07, 6.45) is 1.72. The van der Waals surface area contributed by atoms with Crippen molar-refractivity contribution in [3.05, 3.63) is 117 Å². The molecule has 1 saturated heterocycles. The Balaban J connectivity index is 1.51. The van der Waals surface area contributed by atoms with E-state index in [-0.39, 0.29) is 22.3 Å². The van der Waals surface area contributed by atoms with E-state index in [1.807, 2.05) is 69.3 Å². The summed E-state index contributed by atoms with van der Waals surface area (Å²) in [5.41, 5.74) is 5.16. The van der Waals surface area contributed by atoms with E-state index < -0.39 is 10.1 Å². The molecule has 42 heavy (non-hydrogen) atoms. The molecule has 0 radical (unpaired) electrons. The first kappa shape index (κ1) is 29.6. The van der Waals surface area contributed by atoms with Crippen molar-refractivity contribution in [3.63, 3.8) is 0 Å². The largest absolute Gasteiger partial charge is 0.493 e. The molecular formula is C32H27BrN2O5S2. The molecule has 10 heteroatoms. The normalized spacial score (nSPS) is 15.5. The summed E-state index contributed by atoms with van der Waals surface area (Å²) in [5, 5.41) is 0.522. The molecule has 1 fully saturated rings. The number of ether oxygens (including phenoxy) is 1. The molecule has 1 amide bonds. The van der Waals surface area contributed by atoms with E-state index in [2.05, 4.69) is 15.9 Å². The number of carbonyl (C=O) groups is 1. The van der Waals surface area contributed by atoms with Crippen LogP contribution < -0.4 is 13.8 Å². The fourth-order valence-corrected chi connectivity index (χ4v) is 6.72. The molecule has 0 spiro atoms. The second-order valence-electron chi connectivity index (χ2n) is 9.70. The molecule has 7 nitrogen and oxygen atoms in total. The monoisotopic (exact) mass is 662 g/mol. The van der Waals surface area contributed by atoms with Crippen LogP contribution in [0, 0.1) is 20.8 Å². The summed E-state index contributed by atoms with van der Waals surface area (Å²) in [7, 11) is -2.69. The molecule has 1 aliphatic heterocycles. The molecule has 214 valence electrons. The molecule has 1 aliphatic rings. The fraction of sp³-hybridized carbons (Fsp3) is 0.125. The lowest BCUT2D eigenvalue weighted by Gasteiger charge is -2.16. The van der Waals surface area contributed by atoms with Gasteiger partial charge in [0.2, 0.25) is 0 Å². The smallest absolute Gasteiger partial charge is 0.339 e. The number of rotatable bonds is 7. The van der Waals surface area contributed by atoms with Crippen LogP contribution >= 0.6 is 27.7 Å². The third kappa shape index (κ3) is 6.46. The highest BCUT2D eigenvalue weighted by Gasteiger charge is 2.35. The highest BCUT2D eigenvalue weighted by molar-refractivity contribution is 9.10. The minimum Gasteiger partial charge on any atom is -0.493 e. The van der Waals surface area contributed by atoms with Crippen LogP contribution in [-0.4, -0.2) is 26.6 Å². The van der Waals surface area contributed by atoms with E-state index in [0.29, 0.717) is 25.8 Å². The summed E-state index contributed by atoms with van der Waals surface area (Å²) >= 11 is 4.69. The second-order valence-corrected chi connectivity index (χ2v) is 13.1. The first-order valence-corrected chi connectivity index (χ1v) is 15.9. The van der Waals surface area contributed by atoms with Crippen molar-refractivity contribution < 1.29 is 22.1 Å². The van der Waals surface area contributed by atoms with Crippen molar-refractivity contribution in [2.24, 2.45) is 4.99 Å². The van der Waals surface area contributed by atoms with Crippen LogP contribution in [0.1, 0.15) is 22.3 Å². The van der Waals surface area contributed by atoms with Crippen LogP contribution in [0.3, 0.4) is 0 Å². The third-order valence-electron chi connectivity index (χ3n) is 6.41. The van der Waals surface area contributed by atoms with Gasteiger partial charge in [0.15, 0.2) is 16.7 Å². The van der Waals surface area contributed by atoms with Gasteiger partial charge in [-0.1, -0.05) is 53.1 Å². The van der Waals surface area contributed by atoms with Crippen LogP contribution in [0.4, 0.5) is 11.4 Å². The maximum absolute atomic E-state index is 13.7. The summed E-state index contributed by atoms with van der Waals surface area (Å²) in [6, 6.07) is 25.1. The first-order valence-electron chi connectivity index (χ1n) is 12.9. The average molecular weight is 664 g/mol. The van der Waals surface area contributed by atoms with Gasteiger partial charge in [0.1, 0.15) is 4.90 Å². The number of thioether (sulfide) groups is 1. The highest BCUT2D eigenvalue weighted by atomic mass is 79.9. The Morgan fingerprint density at radius 2 is 1.43 bits per heavy atom. The number of hydrogen-bond donors (Lipinski definition) is 0. The summed E-state index contributed by atoms with van der Waals surface area (Å²) in [5.74, 6) is -0.0353. The van der Waals surface area contributed by atoms with Crippen LogP contribution in [0.25, 0.3) is 6.08 Å². The molecule has 0 unspecified atom stereocenters. The summed E-state index contributed by atoms with van der Waals surface area (Å²) in [6.45, 7) is 5.86. The predicted molar refractivity (Wildman–Crippen MR) is 172 cm³/mol. The van der Waals surface area contributed by atoms with Gasteiger partial charge in [0.25, 0.3) is 5.91 Å². The Labute approximate surface area is 258 Å². The lowest BCUT2D eigenvalue weighted by Crippen LogP contribution is -2.28. The second kappa shape index (κ2) is 12.2. The topological polar surface area (TPSA) is 85.3 Å². The van der Waals surface area contributed by atoms with Crippen molar-refractivity contribution in [2.75, 3.05) is 12.0 Å². The summed E-state index contributed by atoms with van der Waals surface area (Å²) < 4.78 is 37.2. The van der Waals surface area contributed by atoms with Gasteiger partial charge >= 0.3 is 10.1 Å². The molecule has 0 bridgehead atoms. The molecule has 1 heterocycles.